The fourth-order valence-corrected chi connectivity index (χ4v) is 3.35. The first kappa shape index (κ1) is 12.1. The van der Waals surface area contributed by atoms with E-state index in [0.29, 0.717) is 12.1 Å². The molecule has 1 saturated heterocycles. The highest BCUT2D eigenvalue weighted by atomic mass is 32.2. The Kier molecular flexibility index (Phi) is 3.86. The number of rotatable bonds is 2. The fraction of sp³-hybridized carbons (Fsp3) is 0.500. The monoisotopic (exact) mass is 262 g/mol. The van der Waals surface area contributed by atoms with Gasteiger partial charge in [-0.1, -0.05) is 42.1 Å². The molecule has 1 aromatic carbocycles. The van der Waals surface area contributed by atoms with Crippen LogP contribution in [-0.2, 0) is 4.74 Å². The fourth-order valence-electron chi connectivity index (χ4n) is 2.32. The van der Waals surface area contributed by atoms with Crippen molar-refractivity contribution in [3.63, 3.8) is 0 Å². The van der Waals surface area contributed by atoms with Crippen molar-refractivity contribution < 1.29 is 4.74 Å². The Labute approximate surface area is 112 Å². The summed E-state index contributed by atoms with van der Waals surface area (Å²) in [5.74, 6) is 1.05. The summed E-state index contributed by atoms with van der Waals surface area (Å²) in [4.78, 5) is 4.78. The predicted molar refractivity (Wildman–Crippen MR) is 76.1 cm³/mol. The lowest BCUT2D eigenvalue weighted by molar-refractivity contribution is 0.0826. The van der Waals surface area contributed by atoms with Crippen LogP contribution in [0.4, 0.5) is 0 Å². The molecule has 3 nitrogen and oxygen atoms in total. The van der Waals surface area contributed by atoms with Gasteiger partial charge in [-0.25, -0.2) is 0 Å². The van der Waals surface area contributed by atoms with E-state index in [9.17, 15) is 0 Å². The Morgan fingerprint density at radius 3 is 2.72 bits per heavy atom. The standard InChI is InChI=1S/C14H18N2OS/c1-2-4-11(5-3-1)13-10-18-14(16-13)15-12-6-8-17-9-7-12/h1-5,12-13H,6-10H2,(H,15,16). The van der Waals surface area contributed by atoms with E-state index in [4.69, 9.17) is 9.73 Å². The van der Waals surface area contributed by atoms with Crippen LogP contribution in [0.15, 0.2) is 35.3 Å². The van der Waals surface area contributed by atoms with Gasteiger partial charge in [0, 0.05) is 25.0 Å². The number of hydrogen-bond acceptors (Lipinski definition) is 4. The second-order valence-electron chi connectivity index (χ2n) is 4.70. The van der Waals surface area contributed by atoms with Crippen LogP contribution in [-0.4, -0.2) is 30.2 Å². The van der Waals surface area contributed by atoms with Gasteiger partial charge in [0.1, 0.15) is 0 Å². The molecule has 2 aliphatic heterocycles. The topological polar surface area (TPSA) is 33.6 Å². The molecule has 1 unspecified atom stereocenters. The second-order valence-corrected chi connectivity index (χ2v) is 5.71. The third-order valence-corrected chi connectivity index (χ3v) is 4.36. The number of nitrogens with one attached hydrogen (secondary N) is 1. The molecule has 0 spiro atoms. The molecule has 1 atom stereocenters. The third kappa shape index (κ3) is 2.87. The van der Waals surface area contributed by atoms with E-state index < -0.39 is 0 Å². The first-order chi connectivity index (χ1) is 8.92. The summed E-state index contributed by atoms with van der Waals surface area (Å²) in [7, 11) is 0. The zero-order valence-corrected chi connectivity index (χ0v) is 11.2. The number of benzene rings is 1. The van der Waals surface area contributed by atoms with Gasteiger partial charge in [-0.3, -0.25) is 4.99 Å². The van der Waals surface area contributed by atoms with Crippen molar-refractivity contribution >= 4 is 16.9 Å². The van der Waals surface area contributed by atoms with Crippen LogP contribution in [0.3, 0.4) is 0 Å². The van der Waals surface area contributed by atoms with Gasteiger partial charge in [0.05, 0.1) is 6.04 Å². The van der Waals surface area contributed by atoms with Crippen LogP contribution in [0.5, 0.6) is 0 Å². The van der Waals surface area contributed by atoms with E-state index in [1.165, 1.54) is 5.56 Å². The number of thioether (sulfide) groups is 1. The summed E-state index contributed by atoms with van der Waals surface area (Å²) in [5, 5.41) is 4.66. The summed E-state index contributed by atoms with van der Waals surface area (Å²) in [6.07, 6.45) is 2.19. The lowest BCUT2D eigenvalue weighted by atomic mass is 10.1. The van der Waals surface area contributed by atoms with Crippen LogP contribution in [0.25, 0.3) is 0 Å². The highest BCUT2D eigenvalue weighted by Crippen LogP contribution is 2.29. The van der Waals surface area contributed by atoms with Crippen LogP contribution in [0.2, 0.25) is 0 Å². The number of ether oxygens (including phenoxy) is 1. The summed E-state index contributed by atoms with van der Waals surface area (Å²) in [6.45, 7) is 1.75. The van der Waals surface area contributed by atoms with E-state index in [1.807, 2.05) is 11.8 Å². The molecule has 0 bridgehead atoms. The normalized spacial score (nSPS) is 24.9. The Hall–Kier alpha value is -1.00. The summed E-state index contributed by atoms with van der Waals surface area (Å²) >= 11 is 1.84. The van der Waals surface area contributed by atoms with Crippen molar-refractivity contribution in [1.29, 1.82) is 0 Å². The van der Waals surface area contributed by atoms with Crippen molar-refractivity contribution in [3.05, 3.63) is 35.9 Å². The summed E-state index contributed by atoms with van der Waals surface area (Å²) in [5.41, 5.74) is 1.31. The molecular formula is C14H18N2OS. The molecule has 1 aromatic rings. The number of nitrogens with zero attached hydrogens (tertiary/aromatic N) is 1. The van der Waals surface area contributed by atoms with Crippen LogP contribution in [0.1, 0.15) is 24.4 Å². The van der Waals surface area contributed by atoms with Crippen LogP contribution >= 0.6 is 11.8 Å². The maximum atomic E-state index is 5.37. The van der Waals surface area contributed by atoms with Gasteiger partial charge in [0.15, 0.2) is 5.17 Å². The molecule has 0 amide bonds. The molecule has 0 aliphatic carbocycles. The quantitative estimate of drug-likeness (QED) is 0.889. The van der Waals surface area contributed by atoms with Crippen molar-refractivity contribution in [2.75, 3.05) is 19.0 Å². The first-order valence-corrected chi connectivity index (χ1v) is 7.50. The van der Waals surface area contributed by atoms with Gasteiger partial charge in [-0.15, -0.1) is 0 Å². The molecule has 3 rings (SSSR count). The molecule has 0 saturated carbocycles. The molecule has 1 N–H and O–H groups in total. The van der Waals surface area contributed by atoms with E-state index in [0.717, 1.165) is 37.0 Å². The lowest BCUT2D eigenvalue weighted by Gasteiger charge is -2.23. The van der Waals surface area contributed by atoms with Crippen molar-refractivity contribution in [1.82, 2.24) is 5.32 Å². The molecule has 18 heavy (non-hydrogen) atoms. The van der Waals surface area contributed by atoms with E-state index in [1.54, 1.807) is 0 Å². The molecule has 96 valence electrons. The van der Waals surface area contributed by atoms with Gasteiger partial charge in [0.2, 0.25) is 0 Å². The zero-order valence-electron chi connectivity index (χ0n) is 10.3. The largest absolute Gasteiger partial charge is 0.381 e. The first-order valence-electron chi connectivity index (χ1n) is 6.51. The SMILES string of the molecule is c1ccc(C2CSC(NC3CCOCC3)=N2)cc1. The second kappa shape index (κ2) is 5.76. The van der Waals surface area contributed by atoms with Gasteiger partial charge >= 0.3 is 0 Å². The maximum absolute atomic E-state index is 5.37. The zero-order chi connectivity index (χ0) is 12.2. The van der Waals surface area contributed by atoms with Gasteiger partial charge in [-0.2, -0.15) is 0 Å². The molecule has 1 fully saturated rings. The minimum Gasteiger partial charge on any atom is -0.381 e. The molecule has 0 radical (unpaired) electrons. The maximum Gasteiger partial charge on any atom is 0.157 e. The Morgan fingerprint density at radius 2 is 1.94 bits per heavy atom. The van der Waals surface area contributed by atoms with E-state index in [-0.39, 0.29) is 0 Å². The number of aliphatic imine (C=N–C) groups is 1. The minimum absolute atomic E-state index is 0.318. The molecule has 0 aromatic heterocycles. The predicted octanol–water partition coefficient (Wildman–Crippen LogP) is 2.60. The molecule has 4 heteroatoms. The van der Waals surface area contributed by atoms with Crippen molar-refractivity contribution in [2.45, 2.75) is 24.9 Å². The van der Waals surface area contributed by atoms with Gasteiger partial charge in [0.25, 0.3) is 0 Å². The Bertz CT molecular complexity index is 415. The van der Waals surface area contributed by atoms with Crippen molar-refractivity contribution in [3.8, 4) is 0 Å². The highest BCUT2D eigenvalue weighted by molar-refractivity contribution is 8.14. The minimum atomic E-state index is 0.318. The third-order valence-electron chi connectivity index (χ3n) is 3.38. The highest BCUT2D eigenvalue weighted by Gasteiger charge is 2.22. The molecule has 2 aliphatic rings. The number of hydrogen-bond donors (Lipinski definition) is 1. The summed E-state index contributed by atoms with van der Waals surface area (Å²) < 4.78 is 5.37. The number of amidine groups is 1. The smallest absolute Gasteiger partial charge is 0.157 e. The van der Waals surface area contributed by atoms with Gasteiger partial charge < -0.3 is 10.1 Å². The Morgan fingerprint density at radius 1 is 1.17 bits per heavy atom. The van der Waals surface area contributed by atoms with E-state index in [2.05, 4.69) is 35.6 Å². The lowest BCUT2D eigenvalue weighted by Crippen LogP contribution is -2.37. The van der Waals surface area contributed by atoms with E-state index >= 15 is 0 Å². The van der Waals surface area contributed by atoms with Gasteiger partial charge in [-0.05, 0) is 18.4 Å². The van der Waals surface area contributed by atoms with Crippen LogP contribution < -0.4 is 5.32 Å². The van der Waals surface area contributed by atoms with Crippen molar-refractivity contribution in [2.24, 2.45) is 4.99 Å². The average molecular weight is 262 g/mol. The van der Waals surface area contributed by atoms with Crippen LogP contribution in [0, 0.1) is 0 Å². The average Bonchev–Trinajstić information content (AvgIpc) is 2.89. The Balaban J connectivity index is 1.61. The molecule has 2 heterocycles. The molecular weight excluding hydrogens is 244 g/mol. The summed E-state index contributed by atoms with van der Waals surface area (Å²) in [6, 6.07) is 11.4.